The summed E-state index contributed by atoms with van der Waals surface area (Å²) in [4.78, 5) is 21.7. The van der Waals surface area contributed by atoms with Gasteiger partial charge in [0, 0.05) is 17.1 Å². The first-order valence-electron chi connectivity index (χ1n) is 10.6. The summed E-state index contributed by atoms with van der Waals surface area (Å²) in [6.07, 6.45) is -2.31. The molecule has 3 heterocycles. The zero-order chi connectivity index (χ0) is 24.5. The molecule has 0 radical (unpaired) electrons. The summed E-state index contributed by atoms with van der Waals surface area (Å²) in [6, 6.07) is 11.6. The Labute approximate surface area is 198 Å². The molecule has 4 rings (SSSR count). The van der Waals surface area contributed by atoms with E-state index >= 15 is 0 Å². The number of aromatic nitrogens is 4. The SMILES string of the molecule is CC(C)c1c(C(=O)NC(C)c2nc(-c3ccccc3)cs2)cnn1-c1ccc(C(F)(F)F)cn1. The van der Waals surface area contributed by atoms with Gasteiger partial charge < -0.3 is 5.32 Å². The van der Waals surface area contributed by atoms with Crippen LogP contribution in [-0.2, 0) is 6.18 Å². The number of rotatable bonds is 6. The third-order valence-electron chi connectivity index (χ3n) is 5.20. The topological polar surface area (TPSA) is 72.7 Å². The molecule has 3 aromatic heterocycles. The third-order valence-corrected chi connectivity index (χ3v) is 6.23. The number of amides is 1. The van der Waals surface area contributed by atoms with Gasteiger partial charge in [-0.3, -0.25) is 4.79 Å². The lowest BCUT2D eigenvalue weighted by molar-refractivity contribution is -0.137. The Kier molecular flexibility index (Phi) is 6.52. The van der Waals surface area contributed by atoms with Crippen molar-refractivity contribution in [2.24, 2.45) is 0 Å². The standard InChI is InChI=1S/C24H22F3N5OS/c1-14(2)21-18(12-29-32(21)20-10-9-17(11-28-20)24(25,26)27)22(33)30-15(3)23-31-19(13-34-23)16-7-5-4-6-8-16/h4-15H,1-3H3,(H,30,33). The summed E-state index contributed by atoms with van der Waals surface area (Å²) in [7, 11) is 0. The number of benzene rings is 1. The molecule has 6 nitrogen and oxygen atoms in total. The van der Waals surface area contributed by atoms with Gasteiger partial charge in [-0.2, -0.15) is 18.3 Å². The van der Waals surface area contributed by atoms with Crippen LogP contribution in [0.15, 0.2) is 60.2 Å². The van der Waals surface area contributed by atoms with E-state index in [2.05, 4.69) is 20.4 Å². The Bertz CT molecular complexity index is 1280. The highest BCUT2D eigenvalue weighted by molar-refractivity contribution is 7.10. The van der Waals surface area contributed by atoms with E-state index in [1.807, 2.05) is 56.5 Å². The number of hydrogen-bond acceptors (Lipinski definition) is 5. The van der Waals surface area contributed by atoms with Crippen molar-refractivity contribution in [1.82, 2.24) is 25.1 Å². The number of pyridine rings is 1. The fourth-order valence-corrected chi connectivity index (χ4v) is 4.35. The molecule has 0 saturated carbocycles. The zero-order valence-corrected chi connectivity index (χ0v) is 19.5. The molecule has 34 heavy (non-hydrogen) atoms. The first-order chi connectivity index (χ1) is 16.1. The number of thiazole rings is 1. The van der Waals surface area contributed by atoms with E-state index in [0.717, 1.165) is 28.5 Å². The van der Waals surface area contributed by atoms with Crippen molar-refractivity contribution in [2.75, 3.05) is 0 Å². The quantitative estimate of drug-likeness (QED) is 0.362. The van der Waals surface area contributed by atoms with Crippen LogP contribution >= 0.6 is 11.3 Å². The second-order valence-corrected chi connectivity index (χ2v) is 8.93. The molecule has 0 spiro atoms. The molecule has 0 aliphatic rings. The van der Waals surface area contributed by atoms with Crippen LogP contribution in [0.3, 0.4) is 0 Å². The van der Waals surface area contributed by atoms with Crippen LogP contribution in [-0.4, -0.2) is 25.7 Å². The van der Waals surface area contributed by atoms with Crippen LogP contribution in [0.2, 0.25) is 0 Å². The van der Waals surface area contributed by atoms with Crippen molar-refractivity contribution in [1.29, 1.82) is 0 Å². The predicted molar refractivity (Wildman–Crippen MR) is 124 cm³/mol. The maximum absolute atomic E-state index is 13.1. The van der Waals surface area contributed by atoms with E-state index in [4.69, 9.17) is 0 Å². The largest absolute Gasteiger partial charge is 0.417 e. The van der Waals surface area contributed by atoms with Crippen molar-refractivity contribution in [3.05, 3.63) is 82.1 Å². The van der Waals surface area contributed by atoms with Crippen molar-refractivity contribution >= 4 is 17.2 Å². The minimum Gasteiger partial charge on any atom is -0.343 e. The number of hydrogen-bond donors (Lipinski definition) is 1. The molecule has 0 saturated heterocycles. The summed E-state index contributed by atoms with van der Waals surface area (Å²) in [6.45, 7) is 5.61. The van der Waals surface area contributed by atoms with Crippen molar-refractivity contribution in [2.45, 2.75) is 38.9 Å². The van der Waals surface area contributed by atoms with Gasteiger partial charge in [0.05, 0.1) is 34.8 Å². The van der Waals surface area contributed by atoms with Crippen LogP contribution in [0.4, 0.5) is 13.2 Å². The molecular formula is C24H22F3N5OS. The zero-order valence-electron chi connectivity index (χ0n) is 18.7. The van der Waals surface area contributed by atoms with Gasteiger partial charge in [0.1, 0.15) is 5.01 Å². The van der Waals surface area contributed by atoms with Crippen LogP contribution in [0.25, 0.3) is 17.1 Å². The van der Waals surface area contributed by atoms with E-state index in [9.17, 15) is 18.0 Å². The predicted octanol–water partition coefficient (Wildman–Crippen LogP) is 6.02. The van der Waals surface area contributed by atoms with Crippen molar-refractivity contribution < 1.29 is 18.0 Å². The Morgan fingerprint density at radius 3 is 2.41 bits per heavy atom. The first kappa shape index (κ1) is 23.6. The van der Waals surface area contributed by atoms with Gasteiger partial charge in [0.2, 0.25) is 0 Å². The number of nitrogens with zero attached hydrogens (tertiary/aromatic N) is 4. The second-order valence-electron chi connectivity index (χ2n) is 8.04. The van der Waals surface area contributed by atoms with Crippen molar-refractivity contribution in [3.63, 3.8) is 0 Å². The van der Waals surface area contributed by atoms with E-state index in [-0.39, 0.29) is 23.7 Å². The molecule has 1 N–H and O–H groups in total. The number of carbonyl (C=O) groups is 1. The van der Waals surface area contributed by atoms with Crippen LogP contribution < -0.4 is 5.32 Å². The molecule has 1 unspecified atom stereocenters. The Morgan fingerprint density at radius 1 is 1.06 bits per heavy atom. The number of halogens is 3. The Balaban J connectivity index is 1.56. The summed E-state index contributed by atoms with van der Waals surface area (Å²) in [5.41, 5.74) is 1.88. The third kappa shape index (κ3) is 4.86. The van der Waals surface area contributed by atoms with Gasteiger partial charge in [0.25, 0.3) is 5.91 Å². The molecule has 0 fully saturated rings. The molecule has 4 aromatic rings. The lowest BCUT2D eigenvalue weighted by Gasteiger charge is -2.15. The lowest BCUT2D eigenvalue weighted by Crippen LogP contribution is -2.27. The molecular weight excluding hydrogens is 463 g/mol. The molecule has 1 aromatic carbocycles. The minimum absolute atomic E-state index is 0.132. The Morgan fingerprint density at radius 2 is 1.79 bits per heavy atom. The van der Waals surface area contributed by atoms with Gasteiger partial charge in [-0.15, -0.1) is 11.3 Å². The highest BCUT2D eigenvalue weighted by Gasteiger charge is 2.31. The van der Waals surface area contributed by atoms with E-state index in [1.165, 1.54) is 28.3 Å². The summed E-state index contributed by atoms with van der Waals surface area (Å²) < 4.78 is 40.0. The molecule has 10 heteroatoms. The van der Waals surface area contributed by atoms with Gasteiger partial charge >= 0.3 is 6.18 Å². The van der Waals surface area contributed by atoms with Gasteiger partial charge in [-0.05, 0) is 25.0 Å². The first-order valence-corrected chi connectivity index (χ1v) is 11.5. The highest BCUT2D eigenvalue weighted by Crippen LogP contribution is 2.30. The number of nitrogens with one attached hydrogen (secondary N) is 1. The molecule has 176 valence electrons. The molecule has 0 bridgehead atoms. The van der Waals surface area contributed by atoms with Crippen LogP contribution in [0.1, 0.15) is 59.4 Å². The number of alkyl halides is 3. The average Bonchev–Trinajstić information content (AvgIpc) is 3.47. The minimum atomic E-state index is -4.48. The van der Waals surface area contributed by atoms with Gasteiger partial charge in [0.15, 0.2) is 5.82 Å². The smallest absolute Gasteiger partial charge is 0.343 e. The fourth-order valence-electron chi connectivity index (χ4n) is 3.51. The van der Waals surface area contributed by atoms with E-state index in [0.29, 0.717) is 11.3 Å². The van der Waals surface area contributed by atoms with Crippen LogP contribution in [0, 0.1) is 0 Å². The molecule has 0 aliphatic carbocycles. The molecule has 1 amide bonds. The monoisotopic (exact) mass is 485 g/mol. The molecule has 1 atom stereocenters. The summed E-state index contributed by atoms with van der Waals surface area (Å²) in [5, 5.41) is 9.90. The van der Waals surface area contributed by atoms with Gasteiger partial charge in [-0.1, -0.05) is 44.2 Å². The van der Waals surface area contributed by atoms with E-state index < -0.39 is 11.7 Å². The number of carbonyl (C=O) groups excluding carboxylic acids is 1. The molecule has 0 aliphatic heterocycles. The van der Waals surface area contributed by atoms with Crippen molar-refractivity contribution in [3.8, 4) is 17.1 Å². The summed E-state index contributed by atoms with van der Waals surface area (Å²) in [5.74, 6) is -0.269. The maximum atomic E-state index is 13.1. The van der Waals surface area contributed by atoms with E-state index in [1.54, 1.807) is 0 Å². The van der Waals surface area contributed by atoms with Gasteiger partial charge in [-0.25, -0.2) is 14.6 Å². The maximum Gasteiger partial charge on any atom is 0.417 e. The highest BCUT2D eigenvalue weighted by atomic mass is 32.1. The van der Waals surface area contributed by atoms with Crippen LogP contribution in [0.5, 0.6) is 0 Å². The summed E-state index contributed by atoms with van der Waals surface area (Å²) >= 11 is 1.46. The second kappa shape index (κ2) is 9.38. The normalized spacial score (nSPS) is 12.7. The average molecular weight is 486 g/mol. The Hall–Kier alpha value is -3.53. The fraction of sp³-hybridized carbons (Fsp3) is 0.250. The lowest BCUT2D eigenvalue weighted by atomic mass is 10.0.